The van der Waals surface area contributed by atoms with E-state index in [-0.39, 0.29) is 0 Å². The van der Waals surface area contributed by atoms with Crippen molar-refractivity contribution in [2.45, 2.75) is 6.92 Å². The summed E-state index contributed by atoms with van der Waals surface area (Å²) in [6, 6.07) is 26.0. The molecule has 132 valence electrons. The summed E-state index contributed by atoms with van der Waals surface area (Å²) in [5, 5.41) is 0. The van der Waals surface area contributed by atoms with Crippen LogP contribution in [0.3, 0.4) is 0 Å². The third-order valence-electron chi connectivity index (χ3n) is 3.62. The lowest BCUT2D eigenvalue weighted by atomic mass is 10.3. The van der Waals surface area contributed by atoms with E-state index in [1.54, 1.807) is 30.5 Å². The van der Waals surface area contributed by atoms with Gasteiger partial charge in [-0.3, -0.25) is 0 Å². The molecular weight excluding hydrogens is 336 g/mol. The molecule has 0 amide bonds. The summed E-state index contributed by atoms with van der Waals surface area (Å²) in [6.07, 6.45) is 1.62. The van der Waals surface area contributed by atoms with E-state index in [0.29, 0.717) is 17.3 Å². The zero-order valence-electron chi connectivity index (χ0n) is 14.9. The lowest BCUT2D eigenvalue weighted by Gasteiger charge is -2.10. The maximum Gasteiger partial charge on any atom is 0.225 e. The molecule has 0 heterocycles. The first-order chi connectivity index (χ1) is 13.2. The Morgan fingerprint density at radius 1 is 0.852 bits per heavy atom. The summed E-state index contributed by atoms with van der Waals surface area (Å²) in [5.41, 5.74) is 2.07. The predicted molar refractivity (Wildman–Crippen MR) is 108 cm³/mol. The summed E-state index contributed by atoms with van der Waals surface area (Å²) in [5.74, 6) is 1.76. The Balaban J connectivity index is 1.86. The van der Waals surface area contributed by atoms with E-state index in [2.05, 4.69) is 9.84 Å². The summed E-state index contributed by atoms with van der Waals surface area (Å²) in [4.78, 5) is 7.98. The first-order valence-corrected chi connectivity index (χ1v) is 8.42. The van der Waals surface area contributed by atoms with Crippen molar-refractivity contribution in [3.8, 4) is 11.5 Å². The van der Waals surface area contributed by atoms with Gasteiger partial charge in [-0.2, -0.15) is 0 Å². The molecule has 0 bridgehead atoms. The van der Waals surface area contributed by atoms with Gasteiger partial charge in [-0.05, 0) is 43.3 Å². The lowest BCUT2D eigenvalue weighted by Crippen LogP contribution is -2.10. The van der Waals surface area contributed by atoms with E-state index in [1.807, 2.05) is 67.6 Å². The fourth-order valence-electron chi connectivity index (χ4n) is 2.22. The quantitative estimate of drug-likeness (QED) is 0.232. The van der Waals surface area contributed by atoms with Gasteiger partial charge in [0.15, 0.2) is 5.69 Å². The molecule has 0 fully saturated rings. The van der Waals surface area contributed by atoms with E-state index in [1.165, 1.54) is 0 Å². The zero-order valence-corrected chi connectivity index (χ0v) is 14.9. The van der Waals surface area contributed by atoms with Crippen LogP contribution in [-0.2, 0) is 0 Å². The van der Waals surface area contributed by atoms with Gasteiger partial charge >= 0.3 is 0 Å². The lowest BCUT2D eigenvalue weighted by molar-refractivity contribution is 0.473. The second kappa shape index (κ2) is 9.02. The molecule has 0 saturated heterocycles. The molecule has 0 unspecified atom stereocenters. The number of hydrogen-bond donors (Lipinski definition) is 0. The van der Waals surface area contributed by atoms with Crippen LogP contribution in [0.15, 0.2) is 102 Å². The van der Waals surface area contributed by atoms with Gasteiger partial charge < -0.3 is 9.47 Å². The summed E-state index contributed by atoms with van der Waals surface area (Å²) in [7, 11) is 0. The second-order valence-electron chi connectivity index (χ2n) is 5.69. The van der Waals surface area contributed by atoms with Crippen LogP contribution < -0.4 is 9.47 Å². The first kappa shape index (κ1) is 18.0. The Bertz CT molecular complexity index is 970. The second-order valence-corrected chi connectivity index (χ2v) is 5.69. The summed E-state index contributed by atoms with van der Waals surface area (Å²) >= 11 is 0. The minimum atomic E-state index is 0.424. The third kappa shape index (κ3) is 5.32. The van der Waals surface area contributed by atoms with Gasteiger partial charge in [0.1, 0.15) is 11.5 Å². The summed E-state index contributed by atoms with van der Waals surface area (Å²) in [6.45, 7) is 8.92. The highest BCUT2D eigenvalue weighted by atomic mass is 16.5. The van der Waals surface area contributed by atoms with E-state index < -0.39 is 0 Å². The smallest absolute Gasteiger partial charge is 0.225 e. The molecule has 0 aliphatic rings. The van der Waals surface area contributed by atoms with Gasteiger partial charge in [0.25, 0.3) is 0 Å². The van der Waals surface area contributed by atoms with Crippen molar-refractivity contribution < 1.29 is 9.47 Å². The molecule has 4 heteroatoms. The van der Waals surface area contributed by atoms with Crippen molar-refractivity contribution in [3.05, 3.63) is 108 Å². The normalized spacial score (nSPS) is 11.6. The van der Waals surface area contributed by atoms with Crippen molar-refractivity contribution in [3.63, 3.8) is 0 Å². The molecule has 0 atom stereocenters. The van der Waals surface area contributed by atoms with E-state index >= 15 is 0 Å². The SMILES string of the molecule is [C-]#[N+]c1ccc(OC(=Nc2ccccc2)C(C)=COc2ccccc2)cc1. The van der Waals surface area contributed by atoms with Crippen molar-refractivity contribution in [2.75, 3.05) is 0 Å². The van der Waals surface area contributed by atoms with Crippen molar-refractivity contribution >= 4 is 17.3 Å². The first-order valence-electron chi connectivity index (χ1n) is 8.42. The number of hydrogen-bond acceptors (Lipinski definition) is 3. The molecule has 0 saturated carbocycles. The molecule has 3 aromatic carbocycles. The van der Waals surface area contributed by atoms with Crippen LogP contribution in [0.4, 0.5) is 11.4 Å². The Hall–Kier alpha value is -3.84. The minimum absolute atomic E-state index is 0.424. The number of para-hydroxylation sites is 2. The molecular formula is C23H18N2O2. The van der Waals surface area contributed by atoms with Gasteiger partial charge in [0.05, 0.1) is 18.5 Å². The van der Waals surface area contributed by atoms with Gasteiger partial charge in [0.2, 0.25) is 5.90 Å². The third-order valence-corrected chi connectivity index (χ3v) is 3.62. The molecule has 0 spiro atoms. The van der Waals surface area contributed by atoms with Gasteiger partial charge in [0, 0.05) is 5.57 Å². The molecule has 3 rings (SSSR count). The zero-order chi connectivity index (χ0) is 18.9. The maximum atomic E-state index is 7.04. The standard InChI is InChI=1S/C23H18N2O2/c1-18(17-26-21-11-7-4-8-12-21)23(25-20-9-5-3-6-10-20)27-22-15-13-19(24-2)14-16-22/h3-17H,1H3. The average Bonchev–Trinajstić information content (AvgIpc) is 2.73. The molecule has 4 nitrogen and oxygen atoms in total. The van der Waals surface area contributed by atoms with Crippen molar-refractivity contribution in [2.24, 2.45) is 4.99 Å². The van der Waals surface area contributed by atoms with E-state index in [4.69, 9.17) is 16.0 Å². The number of rotatable bonds is 5. The fourth-order valence-corrected chi connectivity index (χ4v) is 2.22. The Kier molecular flexibility index (Phi) is 6.00. The monoisotopic (exact) mass is 354 g/mol. The maximum absolute atomic E-state index is 7.04. The molecule has 3 aromatic rings. The van der Waals surface area contributed by atoms with Crippen LogP contribution in [0, 0.1) is 6.57 Å². The Morgan fingerprint density at radius 3 is 2.11 bits per heavy atom. The molecule has 0 N–H and O–H groups in total. The van der Waals surface area contributed by atoms with Crippen LogP contribution in [0.1, 0.15) is 6.92 Å². The van der Waals surface area contributed by atoms with Crippen LogP contribution >= 0.6 is 0 Å². The average molecular weight is 354 g/mol. The molecule has 0 aliphatic carbocycles. The van der Waals surface area contributed by atoms with Gasteiger partial charge in [-0.1, -0.05) is 48.5 Å². The number of benzene rings is 3. The Labute approximate surface area is 158 Å². The summed E-state index contributed by atoms with van der Waals surface area (Å²) < 4.78 is 11.7. The van der Waals surface area contributed by atoms with Crippen LogP contribution in [0.5, 0.6) is 11.5 Å². The fraction of sp³-hybridized carbons (Fsp3) is 0.0435. The molecule has 0 radical (unpaired) electrons. The van der Waals surface area contributed by atoms with Gasteiger partial charge in [-0.25, -0.2) is 9.84 Å². The molecule has 27 heavy (non-hydrogen) atoms. The van der Waals surface area contributed by atoms with Crippen molar-refractivity contribution in [1.82, 2.24) is 0 Å². The number of nitrogens with zero attached hydrogens (tertiary/aromatic N) is 2. The predicted octanol–water partition coefficient (Wildman–Crippen LogP) is 6.33. The van der Waals surface area contributed by atoms with Crippen LogP contribution in [-0.4, -0.2) is 5.90 Å². The minimum Gasteiger partial charge on any atom is -0.465 e. The number of aliphatic imine (C=N–C) groups is 1. The van der Waals surface area contributed by atoms with Crippen molar-refractivity contribution in [1.29, 1.82) is 0 Å². The van der Waals surface area contributed by atoms with Crippen LogP contribution in [0.25, 0.3) is 4.85 Å². The highest BCUT2D eigenvalue weighted by Gasteiger charge is 2.08. The Morgan fingerprint density at radius 2 is 1.48 bits per heavy atom. The topological polar surface area (TPSA) is 35.2 Å². The number of ether oxygens (including phenoxy) is 2. The van der Waals surface area contributed by atoms with E-state index in [9.17, 15) is 0 Å². The van der Waals surface area contributed by atoms with Gasteiger partial charge in [-0.15, -0.1) is 0 Å². The van der Waals surface area contributed by atoms with E-state index in [0.717, 1.165) is 17.0 Å². The highest BCUT2D eigenvalue weighted by Crippen LogP contribution is 2.21. The molecule has 0 aliphatic heterocycles. The van der Waals surface area contributed by atoms with Crippen LogP contribution in [0.2, 0.25) is 0 Å². The molecule has 0 aromatic heterocycles. The largest absolute Gasteiger partial charge is 0.465 e. The highest BCUT2D eigenvalue weighted by molar-refractivity contribution is 5.96.